The molecule has 0 saturated carbocycles. The Morgan fingerprint density at radius 3 is 2.29 bits per heavy atom. The summed E-state index contributed by atoms with van der Waals surface area (Å²) in [4.78, 5) is 0. The number of nitrogens with two attached hydrogens (primary N) is 1. The fourth-order valence-corrected chi connectivity index (χ4v) is 2.57. The Balaban J connectivity index is 2.30. The summed E-state index contributed by atoms with van der Waals surface area (Å²) in [6, 6.07) is 12.2. The predicted molar refractivity (Wildman–Crippen MR) is 89.9 cm³/mol. The van der Waals surface area contributed by atoms with Gasteiger partial charge in [0.15, 0.2) is 11.6 Å². The van der Waals surface area contributed by atoms with Crippen molar-refractivity contribution in [2.24, 2.45) is 5.73 Å². The van der Waals surface area contributed by atoms with Crippen LogP contribution in [0.5, 0.6) is 5.75 Å². The Labute approximate surface area is 140 Å². The molecule has 21 heavy (non-hydrogen) atoms. The molecule has 2 N–H and O–H groups in total. The molecule has 0 aromatic heterocycles. The van der Waals surface area contributed by atoms with Crippen LogP contribution < -0.4 is 10.5 Å². The van der Waals surface area contributed by atoms with Gasteiger partial charge < -0.3 is 10.5 Å². The van der Waals surface area contributed by atoms with E-state index in [1.165, 1.54) is 6.07 Å². The SMILES string of the molecule is CCC(N)C(Oc1ccc(Br)cc1F)c1ccc(Br)cc1. The summed E-state index contributed by atoms with van der Waals surface area (Å²) in [5, 5.41) is 0. The zero-order chi connectivity index (χ0) is 15.4. The van der Waals surface area contributed by atoms with Crippen molar-refractivity contribution in [1.29, 1.82) is 0 Å². The standard InChI is InChI=1S/C16H16Br2FNO/c1-2-14(20)16(10-3-5-11(17)6-4-10)21-15-8-7-12(18)9-13(15)19/h3-9,14,16H,2,20H2,1H3. The summed E-state index contributed by atoms with van der Waals surface area (Å²) in [6.07, 6.45) is 0.345. The van der Waals surface area contributed by atoms with E-state index in [0.29, 0.717) is 4.47 Å². The third-order valence-corrected chi connectivity index (χ3v) is 4.23. The summed E-state index contributed by atoms with van der Waals surface area (Å²) in [7, 11) is 0. The number of rotatable bonds is 5. The van der Waals surface area contributed by atoms with E-state index in [2.05, 4.69) is 31.9 Å². The van der Waals surface area contributed by atoms with E-state index in [-0.39, 0.29) is 11.8 Å². The lowest BCUT2D eigenvalue weighted by Crippen LogP contribution is -2.31. The lowest BCUT2D eigenvalue weighted by Gasteiger charge is -2.25. The van der Waals surface area contributed by atoms with Crippen LogP contribution in [0.25, 0.3) is 0 Å². The maximum absolute atomic E-state index is 14.0. The van der Waals surface area contributed by atoms with Crippen LogP contribution >= 0.6 is 31.9 Å². The first-order chi connectivity index (χ1) is 10.0. The van der Waals surface area contributed by atoms with Gasteiger partial charge in [-0.15, -0.1) is 0 Å². The molecular formula is C16H16Br2FNO. The molecular weight excluding hydrogens is 401 g/mol. The summed E-state index contributed by atoms with van der Waals surface area (Å²) < 4.78 is 21.4. The van der Waals surface area contributed by atoms with Crippen molar-refractivity contribution in [1.82, 2.24) is 0 Å². The van der Waals surface area contributed by atoms with Gasteiger partial charge in [0.1, 0.15) is 6.10 Å². The van der Waals surface area contributed by atoms with Crippen LogP contribution in [-0.2, 0) is 0 Å². The van der Waals surface area contributed by atoms with Gasteiger partial charge in [0.2, 0.25) is 0 Å². The Morgan fingerprint density at radius 2 is 1.71 bits per heavy atom. The predicted octanol–water partition coefficient (Wildman–Crippen LogP) is 5.21. The highest BCUT2D eigenvalue weighted by molar-refractivity contribution is 9.10. The molecule has 0 radical (unpaired) electrons. The van der Waals surface area contributed by atoms with Crippen molar-refractivity contribution < 1.29 is 9.13 Å². The van der Waals surface area contributed by atoms with Crippen molar-refractivity contribution in [3.63, 3.8) is 0 Å². The molecule has 0 bridgehead atoms. The summed E-state index contributed by atoms with van der Waals surface area (Å²) in [6.45, 7) is 1.98. The molecule has 2 aromatic carbocycles. The van der Waals surface area contributed by atoms with Crippen LogP contribution in [0, 0.1) is 5.82 Å². The molecule has 2 rings (SSSR count). The minimum atomic E-state index is -0.408. The largest absolute Gasteiger partial charge is 0.481 e. The molecule has 0 aliphatic heterocycles. The first-order valence-corrected chi connectivity index (χ1v) is 8.22. The van der Waals surface area contributed by atoms with Crippen molar-refractivity contribution in [3.8, 4) is 5.75 Å². The summed E-state index contributed by atoms with van der Waals surface area (Å²) in [5.74, 6) is -0.204. The van der Waals surface area contributed by atoms with Gasteiger partial charge in [-0.25, -0.2) is 4.39 Å². The van der Waals surface area contributed by atoms with E-state index in [1.54, 1.807) is 12.1 Å². The van der Waals surface area contributed by atoms with Gasteiger partial charge in [0, 0.05) is 15.0 Å². The number of benzene rings is 2. The Bertz CT molecular complexity index is 604. The van der Waals surface area contributed by atoms with Crippen molar-refractivity contribution in [2.75, 3.05) is 0 Å². The van der Waals surface area contributed by atoms with Gasteiger partial charge in [-0.2, -0.15) is 0 Å². The third-order valence-electron chi connectivity index (χ3n) is 3.21. The average Bonchev–Trinajstić information content (AvgIpc) is 2.47. The third kappa shape index (κ3) is 4.28. The average molecular weight is 417 g/mol. The minimum Gasteiger partial charge on any atom is -0.481 e. The Kier molecular flexibility index (Phi) is 5.79. The lowest BCUT2D eigenvalue weighted by atomic mass is 10.0. The lowest BCUT2D eigenvalue weighted by molar-refractivity contribution is 0.163. The summed E-state index contributed by atoms with van der Waals surface area (Å²) in [5.41, 5.74) is 7.07. The fraction of sp³-hybridized carbons (Fsp3) is 0.250. The van der Waals surface area contributed by atoms with Crippen LogP contribution in [0.15, 0.2) is 51.4 Å². The molecule has 2 nitrogen and oxygen atoms in total. The van der Waals surface area contributed by atoms with E-state index >= 15 is 0 Å². The molecule has 0 spiro atoms. The quantitative estimate of drug-likeness (QED) is 0.726. The van der Waals surface area contributed by atoms with E-state index in [4.69, 9.17) is 10.5 Å². The molecule has 5 heteroatoms. The van der Waals surface area contributed by atoms with E-state index in [1.807, 2.05) is 31.2 Å². The van der Waals surface area contributed by atoms with Crippen molar-refractivity contribution in [3.05, 3.63) is 62.8 Å². The van der Waals surface area contributed by atoms with Crippen LogP contribution in [0.2, 0.25) is 0 Å². The smallest absolute Gasteiger partial charge is 0.166 e. The van der Waals surface area contributed by atoms with Gasteiger partial charge in [0.05, 0.1) is 0 Å². The van der Waals surface area contributed by atoms with Gasteiger partial charge in [-0.05, 0) is 42.3 Å². The molecule has 0 amide bonds. The molecule has 0 saturated heterocycles. The van der Waals surface area contributed by atoms with Gasteiger partial charge >= 0.3 is 0 Å². The van der Waals surface area contributed by atoms with E-state index in [9.17, 15) is 4.39 Å². The zero-order valence-electron chi connectivity index (χ0n) is 11.5. The van der Waals surface area contributed by atoms with Crippen LogP contribution in [0.1, 0.15) is 25.0 Å². The molecule has 0 aliphatic rings. The molecule has 2 atom stereocenters. The molecule has 0 heterocycles. The number of ether oxygens (including phenoxy) is 1. The molecule has 2 aromatic rings. The molecule has 2 unspecified atom stereocenters. The van der Waals surface area contributed by atoms with Gasteiger partial charge in [-0.3, -0.25) is 0 Å². The summed E-state index contributed by atoms with van der Waals surface area (Å²) >= 11 is 6.63. The van der Waals surface area contributed by atoms with Crippen LogP contribution in [0.3, 0.4) is 0 Å². The topological polar surface area (TPSA) is 35.2 Å². The fourth-order valence-electron chi connectivity index (χ4n) is 1.98. The highest BCUT2D eigenvalue weighted by Crippen LogP contribution is 2.29. The van der Waals surface area contributed by atoms with E-state index < -0.39 is 11.9 Å². The molecule has 0 aliphatic carbocycles. The van der Waals surface area contributed by atoms with Crippen molar-refractivity contribution >= 4 is 31.9 Å². The van der Waals surface area contributed by atoms with Crippen molar-refractivity contribution in [2.45, 2.75) is 25.5 Å². The van der Waals surface area contributed by atoms with Crippen LogP contribution in [-0.4, -0.2) is 6.04 Å². The number of hydrogen-bond acceptors (Lipinski definition) is 2. The first-order valence-electron chi connectivity index (χ1n) is 6.64. The maximum atomic E-state index is 14.0. The van der Waals surface area contributed by atoms with Gasteiger partial charge in [-0.1, -0.05) is 50.9 Å². The Hall–Kier alpha value is -0.910. The molecule has 112 valence electrons. The second kappa shape index (κ2) is 7.38. The number of halogens is 3. The number of hydrogen-bond donors (Lipinski definition) is 1. The van der Waals surface area contributed by atoms with E-state index in [0.717, 1.165) is 16.5 Å². The second-order valence-electron chi connectivity index (χ2n) is 4.74. The van der Waals surface area contributed by atoms with Crippen LogP contribution in [0.4, 0.5) is 4.39 Å². The normalized spacial score (nSPS) is 13.8. The zero-order valence-corrected chi connectivity index (χ0v) is 14.7. The highest BCUT2D eigenvalue weighted by atomic mass is 79.9. The molecule has 0 fully saturated rings. The van der Waals surface area contributed by atoms with Gasteiger partial charge in [0.25, 0.3) is 0 Å². The first kappa shape index (κ1) is 16.5. The maximum Gasteiger partial charge on any atom is 0.166 e. The monoisotopic (exact) mass is 415 g/mol. The Morgan fingerprint density at radius 1 is 1.10 bits per heavy atom. The second-order valence-corrected chi connectivity index (χ2v) is 6.57. The minimum absolute atomic E-state index is 0.204. The highest BCUT2D eigenvalue weighted by Gasteiger charge is 2.22.